The van der Waals surface area contributed by atoms with Gasteiger partial charge >= 0.3 is 0 Å². The Morgan fingerprint density at radius 1 is 1.19 bits per heavy atom. The number of hydrogen-bond acceptors (Lipinski definition) is 7. The van der Waals surface area contributed by atoms with Gasteiger partial charge in [0.15, 0.2) is 9.84 Å². The minimum absolute atomic E-state index is 0.0371. The van der Waals surface area contributed by atoms with Crippen LogP contribution in [0.4, 0.5) is 11.4 Å². The predicted molar refractivity (Wildman–Crippen MR) is 120 cm³/mol. The molecule has 0 aliphatic carbocycles. The summed E-state index contributed by atoms with van der Waals surface area (Å²) in [5.74, 6) is -0.732. The van der Waals surface area contributed by atoms with Crippen LogP contribution in [0.15, 0.2) is 23.3 Å². The molecule has 0 unspecified atom stereocenters. The molecule has 3 aliphatic heterocycles. The number of benzene rings is 1. The van der Waals surface area contributed by atoms with Gasteiger partial charge in [0.1, 0.15) is 5.71 Å². The average molecular weight is 468 g/mol. The fourth-order valence-electron chi connectivity index (χ4n) is 4.11. The summed E-state index contributed by atoms with van der Waals surface area (Å²) >= 11 is 6.19. The number of carbonyl (C=O) groups excluding carboxylic acids is 2. The van der Waals surface area contributed by atoms with Crippen molar-refractivity contribution in [2.24, 2.45) is 5.10 Å². The number of anilines is 2. The number of hydrogen-bond donors (Lipinski definition) is 1. The van der Waals surface area contributed by atoms with Crippen LogP contribution in [0.5, 0.6) is 0 Å². The molecule has 0 saturated carbocycles. The van der Waals surface area contributed by atoms with Gasteiger partial charge in [0, 0.05) is 44.0 Å². The van der Waals surface area contributed by atoms with E-state index in [-0.39, 0.29) is 36.0 Å². The van der Waals surface area contributed by atoms with Crippen LogP contribution in [-0.4, -0.2) is 86.6 Å². The molecule has 2 amide bonds. The van der Waals surface area contributed by atoms with Crippen LogP contribution in [0.1, 0.15) is 19.3 Å². The highest BCUT2D eigenvalue weighted by molar-refractivity contribution is 7.91. The molecular weight excluding hydrogens is 442 g/mol. The number of likely N-dealkylation sites (N-methyl/N-ethyl adjacent to an activating group) is 1. The van der Waals surface area contributed by atoms with Crippen molar-refractivity contribution >= 4 is 50.3 Å². The van der Waals surface area contributed by atoms with Crippen LogP contribution in [0, 0.1) is 0 Å². The third-order valence-corrected chi connectivity index (χ3v) is 7.91. The monoisotopic (exact) mass is 467 g/mol. The predicted octanol–water partition coefficient (Wildman–Crippen LogP) is 1.20. The summed E-state index contributed by atoms with van der Waals surface area (Å²) < 4.78 is 23.6. The van der Waals surface area contributed by atoms with Gasteiger partial charge in [-0.25, -0.2) is 13.4 Å². The van der Waals surface area contributed by atoms with E-state index in [2.05, 4.69) is 27.3 Å². The van der Waals surface area contributed by atoms with Gasteiger partial charge in [-0.05, 0) is 31.7 Å². The number of amides is 2. The summed E-state index contributed by atoms with van der Waals surface area (Å²) in [5, 5.41) is 8.86. The SMILES string of the molecule is CN1CCN(c2ccc(Cl)cc2NC(=O)C2=NN([C@@H]3CCS(=O)(=O)C3)C(=O)CC2)CC1. The maximum absolute atomic E-state index is 13.0. The second-order valence-electron chi connectivity index (χ2n) is 8.25. The molecule has 31 heavy (non-hydrogen) atoms. The number of nitrogens with one attached hydrogen (secondary N) is 1. The first kappa shape index (κ1) is 22.0. The van der Waals surface area contributed by atoms with E-state index in [0.717, 1.165) is 31.9 Å². The van der Waals surface area contributed by atoms with Crippen molar-refractivity contribution in [2.75, 3.05) is 54.9 Å². The summed E-state index contributed by atoms with van der Waals surface area (Å²) in [6.07, 6.45) is 0.684. The molecule has 3 heterocycles. The molecule has 1 aromatic rings. The van der Waals surface area contributed by atoms with Gasteiger partial charge in [-0.15, -0.1) is 0 Å². The molecular formula is C20H26ClN5O4S. The highest BCUT2D eigenvalue weighted by Gasteiger charge is 2.37. The number of sulfone groups is 1. The van der Waals surface area contributed by atoms with Crippen molar-refractivity contribution in [1.29, 1.82) is 0 Å². The zero-order valence-electron chi connectivity index (χ0n) is 17.4. The van der Waals surface area contributed by atoms with E-state index in [4.69, 9.17) is 11.6 Å². The summed E-state index contributed by atoms with van der Waals surface area (Å²) in [6, 6.07) is 4.89. The topological polar surface area (TPSA) is 102 Å². The fourth-order valence-corrected chi connectivity index (χ4v) is 5.98. The molecule has 0 spiro atoms. The third kappa shape index (κ3) is 5.02. The number of halogens is 1. The number of nitrogens with zero attached hydrogens (tertiary/aromatic N) is 4. The summed E-state index contributed by atoms with van der Waals surface area (Å²) in [5.41, 5.74) is 1.70. The zero-order valence-corrected chi connectivity index (χ0v) is 19.0. The van der Waals surface area contributed by atoms with Crippen molar-refractivity contribution in [2.45, 2.75) is 25.3 Å². The Morgan fingerprint density at radius 2 is 1.94 bits per heavy atom. The van der Waals surface area contributed by atoms with E-state index in [1.165, 1.54) is 5.01 Å². The van der Waals surface area contributed by atoms with Crippen LogP contribution < -0.4 is 10.2 Å². The lowest BCUT2D eigenvalue weighted by Crippen LogP contribution is -2.45. The normalized spacial score (nSPS) is 24.3. The molecule has 1 aromatic carbocycles. The van der Waals surface area contributed by atoms with Gasteiger partial charge in [0.05, 0.1) is 28.9 Å². The quantitative estimate of drug-likeness (QED) is 0.713. The van der Waals surface area contributed by atoms with Gasteiger partial charge in [-0.3, -0.25) is 9.59 Å². The molecule has 9 nitrogen and oxygen atoms in total. The minimum atomic E-state index is -3.17. The largest absolute Gasteiger partial charge is 0.367 e. The molecule has 2 fully saturated rings. The van der Waals surface area contributed by atoms with Crippen molar-refractivity contribution in [3.63, 3.8) is 0 Å². The maximum atomic E-state index is 13.0. The second-order valence-corrected chi connectivity index (χ2v) is 10.9. The van der Waals surface area contributed by atoms with Gasteiger partial charge in [0.2, 0.25) is 5.91 Å². The lowest BCUT2D eigenvalue weighted by atomic mass is 10.1. The third-order valence-electron chi connectivity index (χ3n) is 5.93. The first-order chi connectivity index (χ1) is 14.7. The average Bonchev–Trinajstić information content (AvgIpc) is 3.09. The molecule has 3 aliphatic rings. The van der Waals surface area contributed by atoms with Crippen LogP contribution in [0.3, 0.4) is 0 Å². The lowest BCUT2D eigenvalue weighted by molar-refractivity contribution is -0.133. The van der Waals surface area contributed by atoms with Crippen molar-refractivity contribution < 1.29 is 18.0 Å². The molecule has 2 saturated heterocycles. The van der Waals surface area contributed by atoms with E-state index < -0.39 is 21.8 Å². The molecule has 168 valence electrons. The Balaban J connectivity index is 1.53. The van der Waals surface area contributed by atoms with Crippen LogP contribution in [0.2, 0.25) is 5.02 Å². The summed E-state index contributed by atoms with van der Waals surface area (Å²) in [7, 11) is -1.09. The smallest absolute Gasteiger partial charge is 0.271 e. The molecule has 4 rings (SSSR count). The van der Waals surface area contributed by atoms with Crippen LogP contribution in [-0.2, 0) is 19.4 Å². The van der Waals surface area contributed by atoms with Crippen molar-refractivity contribution in [3.05, 3.63) is 23.2 Å². The second kappa shape index (κ2) is 8.76. The lowest BCUT2D eigenvalue weighted by Gasteiger charge is -2.35. The number of carbonyl (C=O) groups is 2. The number of rotatable bonds is 4. The first-order valence-corrected chi connectivity index (χ1v) is 12.6. The van der Waals surface area contributed by atoms with Gasteiger partial charge in [-0.2, -0.15) is 5.10 Å². The van der Waals surface area contributed by atoms with Crippen LogP contribution >= 0.6 is 11.6 Å². The van der Waals surface area contributed by atoms with Gasteiger partial charge < -0.3 is 15.1 Å². The molecule has 1 N–H and O–H groups in total. The molecule has 11 heteroatoms. The Labute approximate surface area is 186 Å². The van der Waals surface area contributed by atoms with Gasteiger partial charge in [0.25, 0.3) is 5.91 Å². The Hall–Kier alpha value is -2.17. The summed E-state index contributed by atoms with van der Waals surface area (Å²) in [4.78, 5) is 29.8. The van der Waals surface area contributed by atoms with Crippen molar-refractivity contribution in [3.8, 4) is 0 Å². The van der Waals surface area contributed by atoms with Crippen LogP contribution in [0.25, 0.3) is 0 Å². The number of hydrazone groups is 1. The van der Waals surface area contributed by atoms with E-state index in [0.29, 0.717) is 17.1 Å². The Morgan fingerprint density at radius 3 is 2.61 bits per heavy atom. The highest BCUT2D eigenvalue weighted by atomic mass is 35.5. The molecule has 0 bridgehead atoms. The van der Waals surface area contributed by atoms with Gasteiger partial charge in [-0.1, -0.05) is 11.6 Å². The maximum Gasteiger partial charge on any atom is 0.271 e. The molecule has 1 atom stereocenters. The zero-order chi connectivity index (χ0) is 22.2. The van der Waals surface area contributed by atoms with Crippen molar-refractivity contribution in [1.82, 2.24) is 9.91 Å². The standard InChI is InChI=1S/C20H26ClN5O4S/c1-24-7-9-25(10-8-24)18-4-2-14(21)12-17(18)22-20(28)16-3-5-19(27)26(23-16)15-6-11-31(29,30)13-15/h2,4,12,15H,3,5-11,13H2,1H3,(H,22,28)/t15-/m1/s1. The summed E-state index contributed by atoms with van der Waals surface area (Å²) in [6.45, 7) is 3.51. The number of piperazine rings is 1. The molecule has 0 radical (unpaired) electrons. The van der Waals surface area contributed by atoms with E-state index in [1.54, 1.807) is 12.1 Å². The molecule has 0 aromatic heterocycles. The first-order valence-electron chi connectivity index (χ1n) is 10.4. The van der Waals surface area contributed by atoms with E-state index in [1.807, 2.05) is 6.07 Å². The van der Waals surface area contributed by atoms with E-state index in [9.17, 15) is 18.0 Å². The Bertz CT molecular complexity index is 1020. The Kier molecular flexibility index (Phi) is 6.23. The minimum Gasteiger partial charge on any atom is -0.367 e. The van der Waals surface area contributed by atoms with E-state index >= 15 is 0 Å². The fraction of sp³-hybridized carbons (Fsp3) is 0.550. The highest BCUT2D eigenvalue weighted by Crippen LogP contribution is 2.30.